The molecule has 0 spiro atoms. The highest BCUT2D eigenvalue weighted by Gasteiger charge is 2.10. The molecule has 2 rings (SSSR count). The van der Waals surface area contributed by atoms with Crippen molar-refractivity contribution in [1.82, 2.24) is 5.32 Å². The zero-order valence-corrected chi connectivity index (χ0v) is 12.8. The van der Waals surface area contributed by atoms with Gasteiger partial charge >= 0.3 is 0 Å². The summed E-state index contributed by atoms with van der Waals surface area (Å²) in [5.41, 5.74) is 1.80. The van der Waals surface area contributed by atoms with E-state index in [1.807, 2.05) is 18.4 Å². The lowest BCUT2D eigenvalue weighted by molar-refractivity contribution is 0.0950. The zero-order chi connectivity index (χ0) is 13.1. The lowest BCUT2D eigenvalue weighted by Gasteiger charge is -2.06. The van der Waals surface area contributed by atoms with Crippen LogP contribution in [0.2, 0.25) is 5.02 Å². The Morgan fingerprint density at radius 3 is 2.83 bits per heavy atom. The van der Waals surface area contributed by atoms with Gasteiger partial charge in [-0.05, 0) is 58.1 Å². The van der Waals surface area contributed by atoms with Crippen molar-refractivity contribution in [3.8, 4) is 0 Å². The SMILES string of the molecule is Cc1ccsc1CNC(=O)c1ccc(Cl)cc1Br. The maximum Gasteiger partial charge on any atom is 0.252 e. The monoisotopic (exact) mass is 343 g/mol. The van der Waals surface area contributed by atoms with Crippen LogP contribution in [0.5, 0.6) is 0 Å². The molecule has 0 aliphatic carbocycles. The Kier molecular flexibility index (Phi) is 4.43. The molecule has 0 saturated heterocycles. The second-order valence-corrected chi connectivity index (χ2v) is 6.13. The van der Waals surface area contributed by atoms with Gasteiger partial charge in [-0.15, -0.1) is 11.3 Å². The van der Waals surface area contributed by atoms with E-state index < -0.39 is 0 Å². The molecular weight excluding hydrogens is 334 g/mol. The smallest absolute Gasteiger partial charge is 0.252 e. The molecule has 5 heteroatoms. The largest absolute Gasteiger partial charge is 0.347 e. The summed E-state index contributed by atoms with van der Waals surface area (Å²) in [4.78, 5) is 13.2. The van der Waals surface area contributed by atoms with Crippen LogP contribution in [0.1, 0.15) is 20.8 Å². The van der Waals surface area contributed by atoms with Gasteiger partial charge in [0, 0.05) is 14.4 Å². The van der Waals surface area contributed by atoms with Gasteiger partial charge in [0.25, 0.3) is 5.91 Å². The molecule has 2 aromatic rings. The van der Waals surface area contributed by atoms with Gasteiger partial charge in [-0.3, -0.25) is 4.79 Å². The van der Waals surface area contributed by atoms with Gasteiger partial charge in [-0.1, -0.05) is 11.6 Å². The van der Waals surface area contributed by atoms with Crippen LogP contribution in [0.15, 0.2) is 34.1 Å². The first-order valence-electron chi connectivity index (χ1n) is 5.34. The Morgan fingerprint density at radius 2 is 2.22 bits per heavy atom. The molecule has 0 radical (unpaired) electrons. The molecule has 1 heterocycles. The van der Waals surface area contributed by atoms with Crippen molar-refractivity contribution in [2.45, 2.75) is 13.5 Å². The van der Waals surface area contributed by atoms with Crippen LogP contribution in [-0.4, -0.2) is 5.91 Å². The molecule has 0 fully saturated rings. The molecular formula is C13H11BrClNOS. The zero-order valence-electron chi connectivity index (χ0n) is 9.67. The predicted molar refractivity (Wildman–Crippen MR) is 79.4 cm³/mol. The molecule has 18 heavy (non-hydrogen) atoms. The van der Waals surface area contributed by atoms with Crippen molar-refractivity contribution in [2.75, 3.05) is 0 Å². The third-order valence-corrected chi connectivity index (χ3v) is 4.47. The highest BCUT2D eigenvalue weighted by atomic mass is 79.9. The number of hydrogen-bond acceptors (Lipinski definition) is 2. The highest BCUT2D eigenvalue weighted by molar-refractivity contribution is 9.10. The fourth-order valence-electron chi connectivity index (χ4n) is 1.51. The minimum Gasteiger partial charge on any atom is -0.347 e. The number of benzene rings is 1. The van der Waals surface area contributed by atoms with Crippen LogP contribution in [-0.2, 0) is 6.54 Å². The fraction of sp³-hybridized carbons (Fsp3) is 0.154. The first-order valence-corrected chi connectivity index (χ1v) is 7.39. The molecule has 2 nitrogen and oxygen atoms in total. The van der Waals surface area contributed by atoms with Crippen molar-refractivity contribution >= 4 is 44.8 Å². The first kappa shape index (κ1) is 13.6. The third-order valence-electron chi connectivity index (χ3n) is 2.55. The third kappa shape index (κ3) is 3.13. The molecule has 1 aromatic heterocycles. The lowest BCUT2D eigenvalue weighted by atomic mass is 10.2. The number of aryl methyl sites for hydroxylation is 1. The van der Waals surface area contributed by atoms with E-state index in [4.69, 9.17) is 11.6 Å². The van der Waals surface area contributed by atoms with E-state index in [-0.39, 0.29) is 5.91 Å². The van der Waals surface area contributed by atoms with Crippen molar-refractivity contribution in [3.63, 3.8) is 0 Å². The highest BCUT2D eigenvalue weighted by Crippen LogP contribution is 2.22. The Hall–Kier alpha value is -0.840. The summed E-state index contributed by atoms with van der Waals surface area (Å²) in [6, 6.07) is 7.18. The summed E-state index contributed by atoms with van der Waals surface area (Å²) in [6.07, 6.45) is 0. The second-order valence-electron chi connectivity index (χ2n) is 3.83. The number of carbonyl (C=O) groups excluding carboxylic acids is 1. The van der Waals surface area contributed by atoms with Crippen molar-refractivity contribution in [2.24, 2.45) is 0 Å². The van der Waals surface area contributed by atoms with E-state index >= 15 is 0 Å². The summed E-state index contributed by atoms with van der Waals surface area (Å²) >= 11 is 10.8. The maximum atomic E-state index is 12.0. The van der Waals surface area contributed by atoms with Gasteiger partial charge in [0.15, 0.2) is 0 Å². The molecule has 0 atom stereocenters. The van der Waals surface area contributed by atoms with Crippen LogP contribution >= 0.6 is 38.9 Å². The predicted octanol–water partition coefficient (Wildman–Crippen LogP) is 4.40. The number of rotatable bonds is 3. The van der Waals surface area contributed by atoms with Crippen LogP contribution in [0, 0.1) is 6.92 Å². The number of thiophene rings is 1. The standard InChI is InChI=1S/C13H11BrClNOS/c1-8-4-5-18-12(8)7-16-13(17)10-3-2-9(15)6-11(10)14/h2-6H,7H2,1H3,(H,16,17). The summed E-state index contributed by atoms with van der Waals surface area (Å²) in [6.45, 7) is 2.59. The van der Waals surface area contributed by atoms with E-state index in [0.29, 0.717) is 21.6 Å². The normalized spacial score (nSPS) is 10.4. The van der Waals surface area contributed by atoms with Gasteiger partial charge in [0.1, 0.15) is 0 Å². The van der Waals surface area contributed by atoms with Gasteiger partial charge < -0.3 is 5.32 Å². The number of halogens is 2. The van der Waals surface area contributed by atoms with Crippen molar-refractivity contribution < 1.29 is 4.79 Å². The minimum absolute atomic E-state index is 0.105. The fourth-order valence-corrected chi connectivity index (χ4v) is 3.22. The number of carbonyl (C=O) groups is 1. The Morgan fingerprint density at radius 1 is 1.44 bits per heavy atom. The van der Waals surface area contributed by atoms with E-state index in [2.05, 4.69) is 21.2 Å². The van der Waals surface area contributed by atoms with Crippen molar-refractivity contribution in [3.05, 3.63) is 55.1 Å². The molecule has 0 unspecified atom stereocenters. The van der Waals surface area contributed by atoms with Gasteiger partial charge in [0.05, 0.1) is 12.1 Å². The molecule has 0 bridgehead atoms. The molecule has 1 amide bonds. The molecule has 0 aliphatic rings. The van der Waals surface area contributed by atoms with Crippen LogP contribution in [0.3, 0.4) is 0 Å². The van der Waals surface area contributed by atoms with Gasteiger partial charge in [-0.25, -0.2) is 0 Å². The lowest BCUT2D eigenvalue weighted by Crippen LogP contribution is -2.23. The van der Waals surface area contributed by atoms with Gasteiger partial charge in [0.2, 0.25) is 0 Å². The van der Waals surface area contributed by atoms with Crippen LogP contribution in [0.25, 0.3) is 0 Å². The first-order chi connectivity index (χ1) is 8.58. The van der Waals surface area contributed by atoms with E-state index in [1.54, 1.807) is 29.5 Å². The Labute approximate surface area is 123 Å². The average Bonchev–Trinajstić information content (AvgIpc) is 2.72. The Bertz CT molecular complexity index is 582. The van der Waals surface area contributed by atoms with Crippen molar-refractivity contribution in [1.29, 1.82) is 0 Å². The summed E-state index contributed by atoms with van der Waals surface area (Å²) in [5.74, 6) is -0.105. The molecule has 0 aliphatic heterocycles. The average molecular weight is 345 g/mol. The number of hydrogen-bond donors (Lipinski definition) is 1. The van der Waals surface area contributed by atoms with E-state index in [1.165, 1.54) is 10.4 Å². The number of amides is 1. The summed E-state index contributed by atoms with van der Waals surface area (Å²) in [5, 5.41) is 5.53. The summed E-state index contributed by atoms with van der Waals surface area (Å²) < 4.78 is 0.704. The molecule has 94 valence electrons. The minimum atomic E-state index is -0.105. The maximum absolute atomic E-state index is 12.0. The quantitative estimate of drug-likeness (QED) is 0.878. The number of nitrogens with one attached hydrogen (secondary N) is 1. The van der Waals surface area contributed by atoms with Gasteiger partial charge in [-0.2, -0.15) is 0 Å². The van der Waals surface area contributed by atoms with Crippen LogP contribution < -0.4 is 5.32 Å². The second kappa shape index (κ2) is 5.87. The molecule has 0 saturated carbocycles. The Balaban J connectivity index is 2.06. The van der Waals surface area contributed by atoms with Crippen LogP contribution in [0.4, 0.5) is 0 Å². The molecule has 1 aromatic carbocycles. The summed E-state index contributed by atoms with van der Waals surface area (Å²) in [7, 11) is 0. The van der Waals surface area contributed by atoms with E-state index in [9.17, 15) is 4.79 Å². The molecule has 1 N–H and O–H groups in total. The topological polar surface area (TPSA) is 29.1 Å². The van der Waals surface area contributed by atoms with E-state index in [0.717, 1.165) is 0 Å².